The summed E-state index contributed by atoms with van der Waals surface area (Å²) in [5.41, 5.74) is 1.81. The van der Waals surface area contributed by atoms with Crippen molar-refractivity contribution >= 4 is 17.3 Å². The van der Waals surface area contributed by atoms with Crippen molar-refractivity contribution in [2.45, 2.75) is 6.42 Å². The van der Waals surface area contributed by atoms with E-state index in [1.54, 1.807) is 12.1 Å². The van der Waals surface area contributed by atoms with E-state index in [2.05, 4.69) is 5.16 Å². The molecular weight excluding hydrogens is 250 g/mol. The molecule has 0 spiro atoms. The van der Waals surface area contributed by atoms with Crippen molar-refractivity contribution < 1.29 is 10.3 Å². The van der Waals surface area contributed by atoms with E-state index in [0.717, 1.165) is 5.56 Å². The molecule has 0 bridgehead atoms. The summed E-state index contributed by atoms with van der Waals surface area (Å²) in [4.78, 5) is 0. The fourth-order valence-electron chi connectivity index (χ4n) is 1.71. The van der Waals surface area contributed by atoms with Crippen molar-refractivity contribution in [2.24, 2.45) is 5.16 Å². The minimum Gasteiger partial charge on any atom is -0.507 e. The van der Waals surface area contributed by atoms with E-state index in [1.165, 1.54) is 6.07 Å². The van der Waals surface area contributed by atoms with Crippen LogP contribution in [-0.4, -0.2) is 16.0 Å². The highest BCUT2D eigenvalue weighted by atomic mass is 35.5. The maximum atomic E-state index is 9.76. The van der Waals surface area contributed by atoms with E-state index in [1.807, 2.05) is 30.3 Å². The normalized spacial score (nSPS) is 11.5. The van der Waals surface area contributed by atoms with Crippen molar-refractivity contribution in [3.8, 4) is 5.75 Å². The van der Waals surface area contributed by atoms with Crippen LogP contribution in [-0.2, 0) is 6.42 Å². The van der Waals surface area contributed by atoms with Gasteiger partial charge in [0.05, 0.1) is 5.71 Å². The molecule has 4 heteroatoms. The van der Waals surface area contributed by atoms with Gasteiger partial charge in [0.1, 0.15) is 5.75 Å². The maximum absolute atomic E-state index is 9.76. The Bertz CT molecular complexity index is 567. The summed E-state index contributed by atoms with van der Waals surface area (Å²) >= 11 is 5.87. The zero-order valence-electron chi connectivity index (χ0n) is 9.55. The highest BCUT2D eigenvalue weighted by Crippen LogP contribution is 2.23. The highest BCUT2D eigenvalue weighted by molar-refractivity contribution is 6.31. The van der Waals surface area contributed by atoms with Crippen molar-refractivity contribution in [2.75, 3.05) is 0 Å². The second kappa shape index (κ2) is 5.56. The van der Waals surface area contributed by atoms with E-state index < -0.39 is 0 Å². The number of halogens is 1. The van der Waals surface area contributed by atoms with Crippen LogP contribution < -0.4 is 0 Å². The molecule has 0 radical (unpaired) electrons. The Morgan fingerprint density at radius 3 is 2.50 bits per heavy atom. The number of hydrogen-bond donors (Lipinski definition) is 2. The Labute approximate surface area is 110 Å². The lowest BCUT2D eigenvalue weighted by molar-refractivity contribution is 0.318. The molecule has 3 nitrogen and oxygen atoms in total. The predicted molar refractivity (Wildman–Crippen MR) is 71.6 cm³/mol. The van der Waals surface area contributed by atoms with Crippen LogP contribution >= 0.6 is 11.6 Å². The Morgan fingerprint density at radius 2 is 1.83 bits per heavy atom. The summed E-state index contributed by atoms with van der Waals surface area (Å²) in [6.45, 7) is 0. The number of aromatic hydroxyl groups is 1. The predicted octanol–water partition coefficient (Wildman–Crippen LogP) is 3.47. The first kappa shape index (κ1) is 12.5. The van der Waals surface area contributed by atoms with Gasteiger partial charge in [-0.25, -0.2) is 0 Å². The molecule has 0 aliphatic heterocycles. The first-order valence-electron chi connectivity index (χ1n) is 5.44. The summed E-state index contributed by atoms with van der Waals surface area (Å²) in [5, 5.41) is 22.6. The summed E-state index contributed by atoms with van der Waals surface area (Å²) in [6, 6.07) is 14.2. The van der Waals surface area contributed by atoms with Crippen LogP contribution in [0.4, 0.5) is 0 Å². The lowest BCUT2D eigenvalue weighted by Crippen LogP contribution is -2.05. The highest BCUT2D eigenvalue weighted by Gasteiger charge is 2.11. The monoisotopic (exact) mass is 261 g/mol. The van der Waals surface area contributed by atoms with Crippen LogP contribution in [0.3, 0.4) is 0 Å². The zero-order valence-corrected chi connectivity index (χ0v) is 10.3. The Kier molecular flexibility index (Phi) is 3.85. The van der Waals surface area contributed by atoms with Gasteiger partial charge in [0.2, 0.25) is 0 Å². The Balaban J connectivity index is 2.32. The average Bonchev–Trinajstić information content (AvgIpc) is 2.40. The molecule has 0 aliphatic rings. The molecule has 0 heterocycles. The minimum atomic E-state index is 0.0446. The second-order valence-electron chi connectivity index (χ2n) is 3.87. The van der Waals surface area contributed by atoms with Gasteiger partial charge < -0.3 is 10.3 Å². The fourth-order valence-corrected chi connectivity index (χ4v) is 1.89. The molecule has 0 atom stereocenters. The molecule has 0 fully saturated rings. The number of oxime groups is 1. The third-order valence-electron chi connectivity index (χ3n) is 2.60. The number of nitrogens with zero attached hydrogens (tertiary/aromatic N) is 1. The van der Waals surface area contributed by atoms with Gasteiger partial charge in [0.25, 0.3) is 0 Å². The van der Waals surface area contributed by atoms with Gasteiger partial charge in [-0.3, -0.25) is 0 Å². The second-order valence-corrected chi connectivity index (χ2v) is 4.31. The van der Waals surface area contributed by atoms with E-state index in [9.17, 15) is 5.11 Å². The standard InChI is InChI=1S/C14H12ClNO2/c15-11-6-7-14(17)12(9-11)13(16-18)8-10-4-2-1-3-5-10/h1-7,9,17-18H,8H2. The van der Waals surface area contributed by atoms with E-state index in [0.29, 0.717) is 22.7 Å². The maximum Gasteiger partial charge on any atom is 0.124 e. The smallest absolute Gasteiger partial charge is 0.124 e. The number of phenolic OH excluding ortho intramolecular Hbond substituents is 1. The molecule has 0 saturated carbocycles. The van der Waals surface area contributed by atoms with E-state index in [4.69, 9.17) is 16.8 Å². The van der Waals surface area contributed by atoms with Gasteiger partial charge in [-0.05, 0) is 23.8 Å². The van der Waals surface area contributed by atoms with Crippen LogP contribution in [0, 0.1) is 0 Å². The van der Waals surface area contributed by atoms with Crippen molar-refractivity contribution in [3.05, 3.63) is 64.7 Å². The number of rotatable bonds is 3. The van der Waals surface area contributed by atoms with Gasteiger partial charge in [-0.15, -0.1) is 0 Å². The summed E-state index contributed by atoms with van der Waals surface area (Å²) < 4.78 is 0. The molecule has 2 rings (SSSR count). The quantitative estimate of drug-likeness (QED) is 0.505. The first-order valence-corrected chi connectivity index (χ1v) is 5.82. The topological polar surface area (TPSA) is 52.8 Å². The molecule has 2 aromatic rings. The van der Waals surface area contributed by atoms with Crippen LogP contribution in [0.5, 0.6) is 5.75 Å². The lowest BCUT2D eigenvalue weighted by atomic mass is 10.0. The third-order valence-corrected chi connectivity index (χ3v) is 2.84. The molecule has 0 saturated heterocycles. The van der Waals surface area contributed by atoms with Gasteiger partial charge in [-0.2, -0.15) is 0 Å². The molecule has 0 aliphatic carbocycles. The minimum absolute atomic E-state index is 0.0446. The molecule has 18 heavy (non-hydrogen) atoms. The Hall–Kier alpha value is -2.00. The van der Waals surface area contributed by atoms with Crippen LogP contribution in [0.2, 0.25) is 5.02 Å². The summed E-state index contributed by atoms with van der Waals surface area (Å²) in [7, 11) is 0. The number of phenols is 1. The molecule has 92 valence electrons. The lowest BCUT2D eigenvalue weighted by Gasteiger charge is -2.07. The third kappa shape index (κ3) is 2.81. The van der Waals surface area contributed by atoms with Gasteiger partial charge in [0.15, 0.2) is 0 Å². The van der Waals surface area contributed by atoms with Crippen molar-refractivity contribution in [3.63, 3.8) is 0 Å². The Morgan fingerprint density at radius 1 is 1.11 bits per heavy atom. The van der Waals surface area contributed by atoms with Crippen LogP contribution in [0.1, 0.15) is 11.1 Å². The largest absolute Gasteiger partial charge is 0.507 e. The fraction of sp³-hybridized carbons (Fsp3) is 0.0714. The summed E-state index contributed by atoms with van der Waals surface area (Å²) in [5.74, 6) is 0.0446. The summed E-state index contributed by atoms with van der Waals surface area (Å²) in [6.07, 6.45) is 0.422. The SMILES string of the molecule is ON=C(Cc1ccccc1)c1cc(Cl)ccc1O. The molecule has 0 unspecified atom stereocenters. The molecular formula is C14H12ClNO2. The molecule has 2 N–H and O–H groups in total. The average molecular weight is 262 g/mol. The van der Waals surface area contributed by atoms with E-state index in [-0.39, 0.29) is 5.75 Å². The van der Waals surface area contributed by atoms with Crippen LogP contribution in [0.25, 0.3) is 0 Å². The molecule has 2 aromatic carbocycles. The van der Waals surface area contributed by atoms with Gasteiger partial charge >= 0.3 is 0 Å². The molecule has 0 aromatic heterocycles. The first-order chi connectivity index (χ1) is 8.70. The zero-order chi connectivity index (χ0) is 13.0. The van der Waals surface area contributed by atoms with Gasteiger partial charge in [0, 0.05) is 17.0 Å². The number of hydrogen-bond acceptors (Lipinski definition) is 3. The van der Waals surface area contributed by atoms with Gasteiger partial charge in [-0.1, -0.05) is 47.1 Å². The number of benzene rings is 2. The van der Waals surface area contributed by atoms with E-state index >= 15 is 0 Å². The van der Waals surface area contributed by atoms with Crippen molar-refractivity contribution in [1.82, 2.24) is 0 Å². The van der Waals surface area contributed by atoms with Crippen LogP contribution in [0.15, 0.2) is 53.7 Å². The molecule has 0 amide bonds. The van der Waals surface area contributed by atoms with Crippen molar-refractivity contribution in [1.29, 1.82) is 0 Å².